The molecule has 2 aromatic carbocycles. The molecule has 1 spiro atoms. The third-order valence-electron chi connectivity index (χ3n) is 5.99. The predicted molar refractivity (Wildman–Crippen MR) is 117 cm³/mol. The number of amides is 2. The highest BCUT2D eigenvalue weighted by Crippen LogP contribution is 2.39. The lowest BCUT2D eigenvalue weighted by Gasteiger charge is -2.38. The molecule has 1 aliphatic carbocycles. The van der Waals surface area contributed by atoms with Gasteiger partial charge in [0, 0.05) is 5.56 Å². The first-order chi connectivity index (χ1) is 14.9. The van der Waals surface area contributed by atoms with Gasteiger partial charge < -0.3 is 15.0 Å². The molecule has 0 radical (unpaired) electrons. The number of halogens is 1. The van der Waals surface area contributed by atoms with Gasteiger partial charge in [0.2, 0.25) is 5.91 Å². The Morgan fingerprint density at radius 1 is 1.16 bits per heavy atom. The van der Waals surface area contributed by atoms with E-state index in [9.17, 15) is 14.0 Å². The molecular formula is C24H26FN3O3. The molecule has 1 N–H and O–H groups in total. The number of anilines is 1. The zero-order valence-corrected chi connectivity index (χ0v) is 17.8. The summed E-state index contributed by atoms with van der Waals surface area (Å²) in [5.41, 5.74) is 1.29. The Hall–Kier alpha value is -3.22. The molecule has 1 fully saturated rings. The molecule has 1 aliphatic heterocycles. The van der Waals surface area contributed by atoms with E-state index in [-0.39, 0.29) is 18.1 Å². The number of hydrogen-bond donors (Lipinski definition) is 1. The van der Waals surface area contributed by atoms with E-state index >= 15 is 0 Å². The van der Waals surface area contributed by atoms with Gasteiger partial charge in [-0.25, -0.2) is 4.39 Å². The fourth-order valence-electron chi connectivity index (χ4n) is 4.36. The zero-order chi connectivity index (χ0) is 22.0. The molecule has 7 heteroatoms. The second-order valence-electron chi connectivity index (χ2n) is 8.15. The van der Waals surface area contributed by atoms with Crippen molar-refractivity contribution in [1.29, 1.82) is 0 Å². The van der Waals surface area contributed by atoms with Crippen molar-refractivity contribution in [2.24, 2.45) is 4.99 Å². The third-order valence-corrected chi connectivity index (χ3v) is 5.99. The molecular weight excluding hydrogens is 397 g/mol. The first kappa shape index (κ1) is 21.0. The number of hydrogen-bond acceptors (Lipinski definition) is 4. The second-order valence-corrected chi connectivity index (χ2v) is 8.15. The molecule has 2 amide bonds. The lowest BCUT2D eigenvalue weighted by Crippen LogP contribution is -2.51. The largest absolute Gasteiger partial charge is 0.497 e. The van der Waals surface area contributed by atoms with Gasteiger partial charge in [0.25, 0.3) is 5.91 Å². The summed E-state index contributed by atoms with van der Waals surface area (Å²) in [4.78, 5) is 32.6. The van der Waals surface area contributed by atoms with Gasteiger partial charge in [0.15, 0.2) is 0 Å². The van der Waals surface area contributed by atoms with Crippen LogP contribution in [0.3, 0.4) is 0 Å². The number of ether oxygens (including phenoxy) is 1. The Morgan fingerprint density at radius 3 is 2.55 bits per heavy atom. The molecule has 0 aromatic heterocycles. The van der Waals surface area contributed by atoms with Crippen molar-refractivity contribution in [3.63, 3.8) is 0 Å². The molecule has 0 atom stereocenters. The number of aryl methyl sites for hydroxylation is 1. The van der Waals surface area contributed by atoms with Crippen molar-refractivity contribution < 1.29 is 18.7 Å². The van der Waals surface area contributed by atoms with Crippen LogP contribution >= 0.6 is 0 Å². The standard InChI is InChI=1S/C24H26FN3O3/c1-16-6-11-19(25)20(14-16)26-21(29)15-28-23(30)22(17-7-9-18(31-2)10-8-17)27-24(28)12-4-3-5-13-24/h6-11,14H,3-5,12-13,15H2,1-2H3,(H,26,29). The molecule has 31 heavy (non-hydrogen) atoms. The van der Waals surface area contributed by atoms with Crippen LogP contribution in [0.2, 0.25) is 0 Å². The summed E-state index contributed by atoms with van der Waals surface area (Å²) in [6.45, 7) is 1.65. The van der Waals surface area contributed by atoms with Gasteiger partial charge in [-0.15, -0.1) is 0 Å². The summed E-state index contributed by atoms with van der Waals surface area (Å²) in [6, 6.07) is 11.7. The van der Waals surface area contributed by atoms with Gasteiger partial charge in [-0.05, 0) is 74.6 Å². The molecule has 0 unspecified atom stereocenters. The van der Waals surface area contributed by atoms with E-state index in [4.69, 9.17) is 9.73 Å². The Kier molecular flexibility index (Phi) is 5.76. The Bertz CT molecular complexity index is 1030. The maximum Gasteiger partial charge on any atom is 0.275 e. The van der Waals surface area contributed by atoms with E-state index in [0.29, 0.717) is 29.9 Å². The van der Waals surface area contributed by atoms with Crippen LogP contribution in [-0.4, -0.2) is 41.7 Å². The Labute approximate surface area is 181 Å². The highest BCUT2D eigenvalue weighted by molar-refractivity contribution is 6.47. The number of methoxy groups -OCH3 is 1. The number of nitrogens with zero attached hydrogens (tertiary/aromatic N) is 2. The minimum absolute atomic E-state index is 0.116. The number of aliphatic imine (C=N–C) groups is 1. The molecule has 6 nitrogen and oxygen atoms in total. The van der Waals surface area contributed by atoms with Gasteiger partial charge in [-0.2, -0.15) is 0 Å². The normalized spacial score (nSPS) is 17.6. The van der Waals surface area contributed by atoms with Crippen LogP contribution < -0.4 is 10.1 Å². The molecule has 162 valence electrons. The van der Waals surface area contributed by atoms with Gasteiger partial charge in [-0.1, -0.05) is 12.5 Å². The van der Waals surface area contributed by atoms with Crippen molar-refractivity contribution in [3.8, 4) is 5.75 Å². The summed E-state index contributed by atoms with van der Waals surface area (Å²) in [6.07, 6.45) is 4.39. The Balaban J connectivity index is 1.59. The SMILES string of the molecule is COc1ccc(C2=NC3(CCCCC3)N(CC(=O)Nc3cc(C)ccc3F)C2=O)cc1. The summed E-state index contributed by atoms with van der Waals surface area (Å²) in [5.74, 6) is -0.520. The van der Waals surface area contributed by atoms with E-state index in [1.54, 1.807) is 48.4 Å². The van der Waals surface area contributed by atoms with Crippen LogP contribution in [0.1, 0.15) is 43.2 Å². The van der Waals surface area contributed by atoms with Crippen LogP contribution in [0.4, 0.5) is 10.1 Å². The minimum Gasteiger partial charge on any atom is -0.497 e. The topological polar surface area (TPSA) is 71.0 Å². The number of nitrogens with one attached hydrogen (secondary N) is 1. The van der Waals surface area contributed by atoms with Crippen LogP contribution in [0.5, 0.6) is 5.75 Å². The smallest absolute Gasteiger partial charge is 0.275 e. The van der Waals surface area contributed by atoms with Crippen molar-refractivity contribution in [1.82, 2.24) is 4.90 Å². The first-order valence-corrected chi connectivity index (χ1v) is 10.5. The fraction of sp³-hybridized carbons (Fsp3) is 0.375. The van der Waals surface area contributed by atoms with Crippen molar-refractivity contribution in [2.45, 2.75) is 44.7 Å². The average Bonchev–Trinajstić information content (AvgIpc) is 3.03. The third kappa shape index (κ3) is 4.17. The number of rotatable bonds is 5. The van der Waals surface area contributed by atoms with Gasteiger partial charge in [-0.3, -0.25) is 14.6 Å². The molecule has 1 saturated carbocycles. The predicted octanol–water partition coefficient (Wildman–Crippen LogP) is 4.07. The maximum atomic E-state index is 14.1. The van der Waals surface area contributed by atoms with E-state index in [2.05, 4.69) is 5.32 Å². The monoisotopic (exact) mass is 423 g/mol. The summed E-state index contributed by atoms with van der Waals surface area (Å²) < 4.78 is 19.3. The highest BCUT2D eigenvalue weighted by Gasteiger charge is 2.48. The molecule has 1 heterocycles. The van der Waals surface area contributed by atoms with Crippen LogP contribution in [0, 0.1) is 12.7 Å². The summed E-state index contributed by atoms with van der Waals surface area (Å²) in [5, 5.41) is 2.61. The van der Waals surface area contributed by atoms with Crippen molar-refractivity contribution in [2.75, 3.05) is 19.0 Å². The maximum absolute atomic E-state index is 14.1. The van der Waals surface area contributed by atoms with E-state index in [1.807, 2.05) is 6.92 Å². The Morgan fingerprint density at radius 2 is 1.87 bits per heavy atom. The molecule has 2 aromatic rings. The second kappa shape index (κ2) is 8.49. The number of carbonyl (C=O) groups is 2. The van der Waals surface area contributed by atoms with E-state index in [1.165, 1.54) is 6.07 Å². The summed E-state index contributed by atoms with van der Waals surface area (Å²) in [7, 11) is 1.58. The lowest BCUT2D eigenvalue weighted by molar-refractivity contribution is -0.134. The fourth-order valence-corrected chi connectivity index (χ4v) is 4.36. The van der Waals surface area contributed by atoms with Crippen LogP contribution in [0.25, 0.3) is 0 Å². The van der Waals surface area contributed by atoms with Crippen LogP contribution in [-0.2, 0) is 9.59 Å². The first-order valence-electron chi connectivity index (χ1n) is 10.5. The molecule has 2 aliphatic rings. The van der Waals surface area contributed by atoms with Crippen molar-refractivity contribution in [3.05, 3.63) is 59.4 Å². The molecule has 0 bridgehead atoms. The zero-order valence-electron chi connectivity index (χ0n) is 17.8. The van der Waals surface area contributed by atoms with Gasteiger partial charge in [0.05, 0.1) is 12.8 Å². The quantitative estimate of drug-likeness (QED) is 0.788. The minimum atomic E-state index is -0.715. The van der Waals surface area contributed by atoms with Gasteiger partial charge >= 0.3 is 0 Å². The van der Waals surface area contributed by atoms with E-state index in [0.717, 1.165) is 24.8 Å². The number of carbonyl (C=O) groups excluding carboxylic acids is 2. The van der Waals surface area contributed by atoms with E-state index < -0.39 is 17.4 Å². The van der Waals surface area contributed by atoms with Crippen molar-refractivity contribution >= 4 is 23.2 Å². The van der Waals surface area contributed by atoms with Gasteiger partial charge in [0.1, 0.15) is 29.5 Å². The highest BCUT2D eigenvalue weighted by atomic mass is 19.1. The summed E-state index contributed by atoms with van der Waals surface area (Å²) >= 11 is 0. The number of benzene rings is 2. The van der Waals surface area contributed by atoms with Crippen LogP contribution in [0.15, 0.2) is 47.5 Å². The lowest BCUT2D eigenvalue weighted by atomic mass is 9.88. The molecule has 4 rings (SSSR count). The average molecular weight is 423 g/mol. The molecule has 0 saturated heterocycles.